The number of amides is 1. The fourth-order valence-electron chi connectivity index (χ4n) is 2.42. The van der Waals surface area contributed by atoms with Crippen molar-refractivity contribution in [3.05, 3.63) is 16.1 Å². The van der Waals surface area contributed by atoms with Gasteiger partial charge in [-0.2, -0.15) is 0 Å². The highest BCUT2D eigenvalue weighted by molar-refractivity contribution is 7.11. The zero-order chi connectivity index (χ0) is 13.0. The number of hydrogen-bond donors (Lipinski definition) is 1. The Balaban J connectivity index is 0.00000180. The molecule has 116 valence electrons. The standard InChI is InChI=1S/C13H21N3OS.2ClH/c1-10-12(18-9-15-10)13(17)16-7-4-11(5-8-16)3-6-14-2;;/h9,11,14H,3-8H2,1-2H3;2*1H. The first-order chi connectivity index (χ1) is 8.72. The van der Waals surface area contributed by atoms with Gasteiger partial charge < -0.3 is 10.2 Å². The van der Waals surface area contributed by atoms with Crippen LogP contribution in [0.4, 0.5) is 0 Å². The summed E-state index contributed by atoms with van der Waals surface area (Å²) in [5, 5.41) is 3.19. The summed E-state index contributed by atoms with van der Waals surface area (Å²) in [6, 6.07) is 0. The van der Waals surface area contributed by atoms with Crippen molar-refractivity contribution in [2.45, 2.75) is 26.2 Å². The van der Waals surface area contributed by atoms with Crippen molar-refractivity contribution in [2.24, 2.45) is 5.92 Å². The maximum absolute atomic E-state index is 12.3. The van der Waals surface area contributed by atoms with Crippen molar-refractivity contribution in [3.63, 3.8) is 0 Å². The Morgan fingerprint density at radius 1 is 1.45 bits per heavy atom. The summed E-state index contributed by atoms with van der Waals surface area (Å²) in [5.74, 6) is 0.936. The number of halogens is 2. The lowest BCUT2D eigenvalue weighted by molar-refractivity contribution is 0.0691. The van der Waals surface area contributed by atoms with Gasteiger partial charge in [-0.25, -0.2) is 4.98 Å². The van der Waals surface area contributed by atoms with Gasteiger partial charge >= 0.3 is 0 Å². The molecule has 0 aromatic carbocycles. The summed E-state index contributed by atoms with van der Waals surface area (Å²) in [6.45, 7) is 4.77. The second-order valence-corrected chi connectivity index (χ2v) is 5.75. The number of aromatic nitrogens is 1. The van der Waals surface area contributed by atoms with Crippen LogP contribution in [0.1, 0.15) is 34.6 Å². The smallest absolute Gasteiger partial charge is 0.265 e. The van der Waals surface area contributed by atoms with Crippen LogP contribution in [0.15, 0.2) is 5.51 Å². The number of nitrogens with zero attached hydrogens (tertiary/aromatic N) is 2. The number of hydrogen-bond acceptors (Lipinski definition) is 4. The quantitative estimate of drug-likeness (QED) is 0.917. The fraction of sp³-hybridized carbons (Fsp3) is 0.692. The van der Waals surface area contributed by atoms with Gasteiger partial charge in [0.05, 0.1) is 11.2 Å². The average Bonchev–Trinajstić information content (AvgIpc) is 2.82. The van der Waals surface area contributed by atoms with Crippen LogP contribution >= 0.6 is 36.2 Å². The number of carbonyl (C=O) groups is 1. The van der Waals surface area contributed by atoms with Gasteiger partial charge in [-0.3, -0.25) is 4.79 Å². The molecule has 1 fully saturated rings. The molecule has 4 nitrogen and oxygen atoms in total. The molecule has 0 radical (unpaired) electrons. The minimum atomic E-state index is 0. The monoisotopic (exact) mass is 339 g/mol. The van der Waals surface area contributed by atoms with Crippen LogP contribution in [0.2, 0.25) is 0 Å². The maximum Gasteiger partial charge on any atom is 0.265 e. The first-order valence-electron chi connectivity index (χ1n) is 6.56. The molecule has 0 bridgehead atoms. The third-order valence-corrected chi connectivity index (χ3v) is 4.56. The molecular formula is C13H23Cl2N3OS. The molecule has 2 heterocycles. The fourth-order valence-corrected chi connectivity index (χ4v) is 3.19. The molecule has 1 amide bonds. The van der Waals surface area contributed by atoms with Gasteiger partial charge in [0.1, 0.15) is 4.88 Å². The largest absolute Gasteiger partial charge is 0.338 e. The van der Waals surface area contributed by atoms with E-state index in [2.05, 4.69) is 10.3 Å². The Hall–Kier alpha value is -0.360. The highest BCUT2D eigenvalue weighted by Crippen LogP contribution is 2.23. The second-order valence-electron chi connectivity index (χ2n) is 4.89. The molecule has 2 rings (SSSR count). The van der Waals surface area contributed by atoms with E-state index in [1.165, 1.54) is 17.8 Å². The van der Waals surface area contributed by atoms with Crippen LogP contribution < -0.4 is 5.32 Å². The lowest BCUT2D eigenvalue weighted by Gasteiger charge is -2.31. The van der Waals surface area contributed by atoms with E-state index in [0.29, 0.717) is 0 Å². The number of nitrogens with one attached hydrogen (secondary N) is 1. The molecular weight excluding hydrogens is 317 g/mol. The SMILES string of the molecule is CNCCC1CCN(C(=O)c2scnc2C)CC1.Cl.Cl. The van der Waals surface area contributed by atoms with Gasteiger partial charge in [-0.05, 0) is 45.7 Å². The van der Waals surface area contributed by atoms with Crippen LogP contribution in [0.5, 0.6) is 0 Å². The first-order valence-corrected chi connectivity index (χ1v) is 7.44. The number of rotatable bonds is 4. The van der Waals surface area contributed by atoms with Crippen LogP contribution in [0.25, 0.3) is 0 Å². The van der Waals surface area contributed by atoms with Gasteiger partial charge in [0.25, 0.3) is 5.91 Å². The Kier molecular flexibility index (Phi) is 9.38. The molecule has 1 aromatic heterocycles. The highest BCUT2D eigenvalue weighted by Gasteiger charge is 2.25. The minimum Gasteiger partial charge on any atom is -0.338 e. The normalized spacial score (nSPS) is 15.4. The van der Waals surface area contributed by atoms with Crippen molar-refractivity contribution in [2.75, 3.05) is 26.7 Å². The molecule has 1 aromatic rings. The van der Waals surface area contributed by atoms with E-state index in [1.54, 1.807) is 5.51 Å². The molecule has 20 heavy (non-hydrogen) atoms. The van der Waals surface area contributed by atoms with Gasteiger partial charge in [-0.15, -0.1) is 36.2 Å². The zero-order valence-electron chi connectivity index (χ0n) is 11.9. The van der Waals surface area contributed by atoms with E-state index < -0.39 is 0 Å². The Morgan fingerprint density at radius 2 is 2.10 bits per heavy atom. The molecule has 0 unspecified atom stereocenters. The van der Waals surface area contributed by atoms with Crippen molar-refractivity contribution >= 4 is 42.1 Å². The Bertz CT molecular complexity index is 406. The predicted octanol–water partition coefficient (Wildman–Crippen LogP) is 2.76. The minimum absolute atomic E-state index is 0. The topological polar surface area (TPSA) is 45.2 Å². The van der Waals surface area contributed by atoms with Crippen molar-refractivity contribution in [3.8, 4) is 0 Å². The lowest BCUT2D eigenvalue weighted by Crippen LogP contribution is -2.38. The summed E-state index contributed by atoms with van der Waals surface area (Å²) in [4.78, 5) is 19.2. The van der Waals surface area contributed by atoms with Crippen LogP contribution in [-0.4, -0.2) is 42.5 Å². The van der Waals surface area contributed by atoms with E-state index in [4.69, 9.17) is 0 Å². The number of piperidine rings is 1. The van der Waals surface area contributed by atoms with Crippen molar-refractivity contribution in [1.29, 1.82) is 0 Å². The van der Waals surface area contributed by atoms with E-state index in [1.807, 2.05) is 18.9 Å². The summed E-state index contributed by atoms with van der Waals surface area (Å²) in [7, 11) is 1.99. The molecule has 0 aliphatic carbocycles. The Morgan fingerprint density at radius 3 is 2.60 bits per heavy atom. The lowest BCUT2D eigenvalue weighted by atomic mass is 9.93. The first kappa shape index (κ1) is 19.6. The summed E-state index contributed by atoms with van der Waals surface area (Å²) >= 11 is 1.45. The van der Waals surface area contributed by atoms with Crippen LogP contribution in [-0.2, 0) is 0 Å². The number of thiazole rings is 1. The number of likely N-dealkylation sites (tertiary alicyclic amines) is 1. The number of carbonyl (C=O) groups excluding carboxylic acids is 1. The Labute approximate surface area is 137 Å². The van der Waals surface area contributed by atoms with Gasteiger partial charge in [0.15, 0.2) is 0 Å². The zero-order valence-corrected chi connectivity index (χ0v) is 14.4. The molecule has 0 atom stereocenters. The van der Waals surface area contributed by atoms with Crippen molar-refractivity contribution < 1.29 is 4.79 Å². The molecule has 7 heteroatoms. The molecule has 0 spiro atoms. The second kappa shape index (κ2) is 9.55. The summed E-state index contributed by atoms with van der Waals surface area (Å²) < 4.78 is 0. The third kappa shape index (κ3) is 4.88. The average molecular weight is 340 g/mol. The number of aryl methyl sites for hydroxylation is 1. The van der Waals surface area contributed by atoms with Gasteiger partial charge in [0.2, 0.25) is 0 Å². The predicted molar refractivity (Wildman–Crippen MR) is 88.5 cm³/mol. The molecule has 1 aliphatic heterocycles. The summed E-state index contributed by atoms with van der Waals surface area (Å²) in [5.41, 5.74) is 2.62. The van der Waals surface area contributed by atoms with E-state index in [9.17, 15) is 4.79 Å². The van der Waals surface area contributed by atoms with Crippen molar-refractivity contribution in [1.82, 2.24) is 15.2 Å². The van der Waals surface area contributed by atoms with Gasteiger partial charge in [0, 0.05) is 13.1 Å². The summed E-state index contributed by atoms with van der Waals surface area (Å²) in [6.07, 6.45) is 3.48. The maximum atomic E-state index is 12.3. The van der Waals surface area contributed by atoms with E-state index >= 15 is 0 Å². The van der Waals surface area contributed by atoms with Gasteiger partial charge in [-0.1, -0.05) is 0 Å². The molecule has 1 saturated heterocycles. The third-order valence-electron chi connectivity index (χ3n) is 3.64. The molecule has 0 saturated carbocycles. The van der Waals surface area contributed by atoms with E-state index in [-0.39, 0.29) is 30.7 Å². The molecule has 1 aliphatic rings. The van der Waals surface area contributed by atoms with E-state index in [0.717, 1.165) is 49.0 Å². The highest BCUT2D eigenvalue weighted by atomic mass is 35.5. The van der Waals surface area contributed by atoms with Crippen LogP contribution in [0.3, 0.4) is 0 Å². The van der Waals surface area contributed by atoms with Crippen LogP contribution in [0, 0.1) is 12.8 Å². The molecule has 1 N–H and O–H groups in total.